The fourth-order valence-corrected chi connectivity index (χ4v) is 7.44. The molecule has 2 aromatic rings. The average Bonchev–Trinajstić information content (AvgIpc) is 3.13. The number of hydrogen-bond acceptors (Lipinski definition) is 6. The second-order valence-electron chi connectivity index (χ2n) is 11.7. The molecule has 0 spiro atoms. The zero-order chi connectivity index (χ0) is 28.9. The number of rotatable bonds is 5. The van der Waals surface area contributed by atoms with Crippen LogP contribution in [0.4, 0.5) is 5.69 Å². The summed E-state index contributed by atoms with van der Waals surface area (Å²) in [7, 11) is 3.41. The molecule has 6 nitrogen and oxygen atoms in total. The summed E-state index contributed by atoms with van der Waals surface area (Å²) >= 11 is 7.76. The van der Waals surface area contributed by atoms with Gasteiger partial charge >= 0.3 is 0 Å². The van der Waals surface area contributed by atoms with Crippen LogP contribution in [0.3, 0.4) is 0 Å². The summed E-state index contributed by atoms with van der Waals surface area (Å²) < 4.78 is 21.2. The van der Waals surface area contributed by atoms with Gasteiger partial charge in [0.05, 0.1) is 18.4 Å². The molecule has 1 aliphatic carbocycles. The molecule has 3 aliphatic rings. The molecule has 6 atom stereocenters. The minimum Gasteiger partial charge on any atom is -0.491 e. The Morgan fingerprint density at radius 2 is 1.98 bits per heavy atom. The zero-order valence-electron chi connectivity index (χ0n) is 24.6. The van der Waals surface area contributed by atoms with Crippen molar-refractivity contribution >= 4 is 35.1 Å². The van der Waals surface area contributed by atoms with Gasteiger partial charge in [0, 0.05) is 43.1 Å². The van der Waals surface area contributed by atoms with Gasteiger partial charge in [0.15, 0.2) is 0 Å². The van der Waals surface area contributed by atoms with Crippen molar-refractivity contribution < 1.29 is 19.0 Å². The number of amides is 1. The quantitative estimate of drug-likeness (QED) is 0.294. The van der Waals surface area contributed by atoms with Crippen molar-refractivity contribution in [2.24, 2.45) is 17.8 Å². The largest absolute Gasteiger partial charge is 0.491 e. The first-order valence-electron chi connectivity index (χ1n) is 14.9. The third kappa shape index (κ3) is 6.90. The molecule has 41 heavy (non-hydrogen) atoms. The number of hydrogen-bond donors (Lipinski definition) is 1. The van der Waals surface area contributed by atoms with Crippen LogP contribution >= 0.6 is 23.5 Å². The molecule has 1 saturated carbocycles. The van der Waals surface area contributed by atoms with Gasteiger partial charge in [-0.05, 0) is 96.8 Å². The molecule has 0 radical (unpaired) electrons. The van der Waals surface area contributed by atoms with Gasteiger partial charge in [0.2, 0.25) is 0 Å². The predicted octanol–water partition coefficient (Wildman–Crippen LogP) is 7.05. The van der Waals surface area contributed by atoms with E-state index >= 15 is 0 Å². The van der Waals surface area contributed by atoms with Crippen molar-refractivity contribution in [1.29, 1.82) is 0 Å². The fourth-order valence-electron chi connectivity index (χ4n) is 6.61. The van der Waals surface area contributed by atoms with Gasteiger partial charge in [-0.15, -0.1) is 0 Å². The molecule has 8 heteroatoms. The normalized spacial score (nSPS) is 29.4. The summed E-state index contributed by atoms with van der Waals surface area (Å²) in [6, 6.07) is 12.6. The second kappa shape index (κ2) is 13.9. The molecule has 1 fully saturated rings. The Balaban J connectivity index is 1.50. The maximum Gasteiger partial charge on any atom is 0.259 e. The van der Waals surface area contributed by atoms with Gasteiger partial charge in [-0.2, -0.15) is 0 Å². The van der Waals surface area contributed by atoms with E-state index in [0.29, 0.717) is 18.4 Å². The van der Waals surface area contributed by atoms with E-state index in [1.54, 1.807) is 7.11 Å². The van der Waals surface area contributed by atoms with Gasteiger partial charge in [-0.1, -0.05) is 50.1 Å². The summed E-state index contributed by atoms with van der Waals surface area (Å²) in [4.78, 5) is 16.6. The average molecular weight is 599 g/mol. The SMILES string of the molecule is CCCc1cc(Cl)ccc1C1COc2ccc3cc2N(C1)CC1CCC1C(OC)/C=C/CC(C)C(OC)C(=O)NS3. The molecule has 2 bridgehead atoms. The van der Waals surface area contributed by atoms with Crippen molar-refractivity contribution in [2.45, 2.75) is 69.0 Å². The van der Waals surface area contributed by atoms with E-state index in [4.69, 9.17) is 25.8 Å². The number of nitrogens with zero attached hydrogens (tertiary/aromatic N) is 1. The number of carbonyl (C=O) groups is 1. The molecule has 1 N–H and O–H groups in total. The van der Waals surface area contributed by atoms with Crippen LogP contribution in [0.2, 0.25) is 5.02 Å². The number of halogens is 1. The lowest BCUT2D eigenvalue weighted by Crippen LogP contribution is -2.44. The molecule has 6 unspecified atom stereocenters. The third-order valence-corrected chi connectivity index (χ3v) is 10.0. The van der Waals surface area contributed by atoms with Gasteiger partial charge < -0.3 is 19.1 Å². The van der Waals surface area contributed by atoms with E-state index in [1.165, 1.54) is 29.5 Å². The number of carbonyl (C=O) groups excluding carboxylic acids is 1. The highest BCUT2D eigenvalue weighted by molar-refractivity contribution is 7.98. The van der Waals surface area contributed by atoms with Crippen LogP contribution in [0.1, 0.15) is 56.6 Å². The van der Waals surface area contributed by atoms with Gasteiger partial charge in [0.1, 0.15) is 11.9 Å². The van der Waals surface area contributed by atoms with Crippen molar-refractivity contribution in [3.05, 3.63) is 64.7 Å². The first-order chi connectivity index (χ1) is 19.9. The van der Waals surface area contributed by atoms with Crippen LogP contribution in [0.25, 0.3) is 0 Å². The molecule has 2 aromatic carbocycles. The van der Waals surface area contributed by atoms with E-state index < -0.39 is 6.10 Å². The number of anilines is 1. The Labute approximate surface area is 254 Å². The highest BCUT2D eigenvalue weighted by atomic mass is 35.5. The lowest BCUT2D eigenvalue weighted by atomic mass is 9.70. The number of methoxy groups -OCH3 is 2. The van der Waals surface area contributed by atoms with Crippen LogP contribution in [0, 0.1) is 17.8 Å². The molecule has 1 amide bonds. The monoisotopic (exact) mass is 598 g/mol. The first kappa shape index (κ1) is 30.3. The molecule has 2 heterocycles. The topological polar surface area (TPSA) is 60.0 Å². The number of benzene rings is 2. The third-order valence-electron chi connectivity index (χ3n) is 8.97. The van der Waals surface area contributed by atoms with Gasteiger partial charge in [-0.25, -0.2) is 0 Å². The van der Waals surface area contributed by atoms with Crippen LogP contribution in [-0.2, 0) is 20.7 Å². The van der Waals surface area contributed by atoms with E-state index in [9.17, 15) is 4.79 Å². The van der Waals surface area contributed by atoms with Crippen molar-refractivity contribution in [3.63, 3.8) is 0 Å². The molecule has 0 aromatic heterocycles. The number of nitrogens with one attached hydrogen (secondary N) is 1. The maximum absolute atomic E-state index is 13.1. The molecule has 0 saturated heterocycles. The summed E-state index contributed by atoms with van der Waals surface area (Å²) in [5, 5.41) is 0.782. The highest BCUT2D eigenvalue weighted by Gasteiger charge is 2.39. The lowest BCUT2D eigenvalue weighted by molar-refractivity contribution is -0.131. The number of ether oxygens (including phenoxy) is 3. The lowest BCUT2D eigenvalue weighted by Gasteiger charge is -2.43. The molecule has 2 aliphatic heterocycles. The van der Waals surface area contributed by atoms with Crippen LogP contribution in [-0.4, -0.2) is 52.0 Å². The van der Waals surface area contributed by atoms with Gasteiger partial charge in [-0.3, -0.25) is 9.52 Å². The minimum absolute atomic E-state index is 0.0396. The Kier molecular flexibility index (Phi) is 10.2. The number of aryl methyl sites for hydroxylation is 1. The van der Waals surface area contributed by atoms with Crippen LogP contribution < -0.4 is 14.4 Å². The van der Waals surface area contributed by atoms with Crippen molar-refractivity contribution in [2.75, 3.05) is 38.8 Å². The molecular formula is C33H43ClN2O4S. The van der Waals surface area contributed by atoms with E-state index in [2.05, 4.69) is 53.8 Å². The Morgan fingerprint density at radius 1 is 1.12 bits per heavy atom. The zero-order valence-corrected chi connectivity index (χ0v) is 26.2. The molecule has 222 valence electrons. The molecule has 5 rings (SSSR count). The van der Waals surface area contributed by atoms with Crippen molar-refractivity contribution in [3.8, 4) is 5.75 Å². The second-order valence-corrected chi connectivity index (χ2v) is 13.0. The number of allylic oxidation sites excluding steroid dienone is 1. The van der Waals surface area contributed by atoms with Crippen LogP contribution in [0.15, 0.2) is 53.4 Å². The maximum atomic E-state index is 13.1. The summed E-state index contributed by atoms with van der Waals surface area (Å²) in [5.74, 6) is 1.99. The summed E-state index contributed by atoms with van der Waals surface area (Å²) in [6.45, 7) is 6.66. The first-order valence-corrected chi connectivity index (χ1v) is 16.1. The molecular weight excluding hydrogens is 556 g/mol. The summed E-state index contributed by atoms with van der Waals surface area (Å²) in [5.41, 5.74) is 3.71. The van der Waals surface area contributed by atoms with Gasteiger partial charge in [0.25, 0.3) is 5.91 Å². The van der Waals surface area contributed by atoms with Crippen LogP contribution in [0.5, 0.6) is 5.75 Å². The number of fused-ring (bicyclic) bond motifs is 2. The Morgan fingerprint density at radius 3 is 2.71 bits per heavy atom. The minimum atomic E-state index is -0.532. The van der Waals surface area contributed by atoms with E-state index in [0.717, 1.165) is 60.1 Å². The smallest absolute Gasteiger partial charge is 0.259 e. The Bertz CT molecular complexity index is 1240. The Hall–Kier alpha value is -2.19. The van der Waals surface area contributed by atoms with E-state index in [1.807, 2.05) is 25.3 Å². The standard InChI is InChI=1S/C33H43ClN2O4S/c1-5-7-22-16-25(34)11-14-27(22)24-19-36-18-23-10-13-28(23)30(38-3)9-6-8-21(2)32(39-4)33(37)35-41-26-12-15-31(40-20-24)29(36)17-26/h6,9,11-12,14-17,21,23-24,28,30,32H,5,7-8,10,13,18-20H2,1-4H3,(H,35,37)/b9-6+. The van der Waals surface area contributed by atoms with Crippen molar-refractivity contribution in [1.82, 2.24) is 4.72 Å². The predicted molar refractivity (Wildman–Crippen MR) is 167 cm³/mol. The highest BCUT2D eigenvalue weighted by Crippen LogP contribution is 2.43. The summed E-state index contributed by atoms with van der Waals surface area (Å²) in [6.07, 6.45) is 9.03. The van der Waals surface area contributed by atoms with E-state index in [-0.39, 0.29) is 23.8 Å². The fraction of sp³-hybridized carbons (Fsp3) is 0.545.